The highest BCUT2D eigenvalue weighted by Crippen LogP contribution is 2.17. The van der Waals surface area contributed by atoms with Gasteiger partial charge in [-0.3, -0.25) is 10.1 Å². The fourth-order valence-corrected chi connectivity index (χ4v) is 2.15. The van der Waals surface area contributed by atoms with Crippen LogP contribution in [-0.4, -0.2) is 26.1 Å². The lowest BCUT2D eigenvalue weighted by atomic mass is 10.1. The molecule has 0 fully saturated rings. The standard InChI is InChI=1S/C14H15NO5S/c1-14(2,20-3)10-4-5-11-21(18,19)13-8-6-12(7-9-13)15(16)17/h5-9,11H,1-3H3/b11-5+. The van der Waals surface area contributed by atoms with E-state index in [2.05, 4.69) is 11.8 Å². The van der Waals surface area contributed by atoms with Gasteiger partial charge in [0.15, 0.2) is 9.84 Å². The SMILES string of the molecule is COC(C)(C)C#C/C=C/S(=O)(=O)c1ccc([N+](=O)[O-])cc1. The Balaban J connectivity index is 2.94. The minimum absolute atomic E-state index is 0.0304. The molecule has 0 aromatic heterocycles. The van der Waals surface area contributed by atoms with Crippen molar-refractivity contribution in [3.63, 3.8) is 0 Å². The molecule has 0 radical (unpaired) electrons. The number of non-ortho nitro benzene ring substituents is 1. The molecule has 21 heavy (non-hydrogen) atoms. The molecule has 0 amide bonds. The molecule has 0 saturated heterocycles. The summed E-state index contributed by atoms with van der Waals surface area (Å²) >= 11 is 0. The van der Waals surface area contributed by atoms with Crippen molar-refractivity contribution in [1.82, 2.24) is 0 Å². The van der Waals surface area contributed by atoms with Crippen LogP contribution in [0.1, 0.15) is 13.8 Å². The van der Waals surface area contributed by atoms with E-state index < -0.39 is 20.4 Å². The maximum Gasteiger partial charge on any atom is 0.269 e. The first kappa shape index (κ1) is 16.9. The van der Waals surface area contributed by atoms with Crippen LogP contribution in [0.25, 0.3) is 0 Å². The van der Waals surface area contributed by atoms with Crippen molar-refractivity contribution in [2.24, 2.45) is 0 Å². The highest BCUT2D eigenvalue weighted by molar-refractivity contribution is 7.94. The van der Waals surface area contributed by atoms with E-state index in [1.807, 2.05) is 0 Å². The van der Waals surface area contributed by atoms with Gasteiger partial charge >= 0.3 is 0 Å². The number of ether oxygens (including phenoxy) is 1. The van der Waals surface area contributed by atoms with Gasteiger partial charge in [-0.2, -0.15) is 0 Å². The predicted molar refractivity (Wildman–Crippen MR) is 78.3 cm³/mol. The van der Waals surface area contributed by atoms with Crippen molar-refractivity contribution >= 4 is 15.5 Å². The minimum atomic E-state index is -3.67. The number of nitro groups is 1. The zero-order valence-electron chi connectivity index (χ0n) is 11.9. The molecule has 0 aliphatic rings. The van der Waals surface area contributed by atoms with E-state index in [-0.39, 0.29) is 10.6 Å². The third-order valence-corrected chi connectivity index (χ3v) is 4.01. The Bertz CT molecular complexity index is 706. The van der Waals surface area contributed by atoms with Crippen LogP contribution in [0.2, 0.25) is 0 Å². The molecule has 0 aliphatic heterocycles. The first-order valence-corrected chi connectivity index (χ1v) is 7.46. The first-order valence-electron chi connectivity index (χ1n) is 5.92. The summed E-state index contributed by atoms with van der Waals surface area (Å²) in [7, 11) is -2.17. The normalized spacial score (nSPS) is 12.0. The molecule has 0 aliphatic carbocycles. The van der Waals surface area contributed by atoms with E-state index in [0.29, 0.717) is 0 Å². The summed E-state index contributed by atoms with van der Waals surface area (Å²) in [5, 5.41) is 11.5. The van der Waals surface area contributed by atoms with Crippen molar-refractivity contribution in [2.75, 3.05) is 7.11 Å². The summed E-state index contributed by atoms with van der Waals surface area (Å²) in [5.41, 5.74) is -0.832. The number of benzene rings is 1. The van der Waals surface area contributed by atoms with E-state index in [1.54, 1.807) is 13.8 Å². The molecular weight excluding hydrogens is 294 g/mol. The summed E-state index contributed by atoms with van der Waals surface area (Å²) in [6.45, 7) is 3.50. The Morgan fingerprint density at radius 2 is 1.86 bits per heavy atom. The van der Waals surface area contributed by atoms with Gasteiger partial charge in [0.2, 0.25) is 0 Å². The van der Waals surface area contributed by atoms with Gasteiger partial charge in [0.1, 0.15) is 5.60 Å². The molecule has 7 heteroatoms. The highest BCUT2D eigenvalue weighted by atomic mass is 32.2. The first-order chi connectivity index (χ1) is 9.68. The van der Waals surface area contributed by atoms with E-state index in [1.165, 1.54) is 25.3 Å². The van der Waals surface area contributed by atoms with Crippen LogP contribution in [0.4, 0.5) is 5.69 Å². The van der Waals surface area contributed by atoms with Gasteiger partial charge in [0.25, 0.3) is 5.69 Å². The van der Waals surface area contributed by atoms with E-state index in [9.17, 15) is 18.5 Å². The van der Waals surface area contributed by atoms with Gasteiger partial charge in [-0.15, -0.1) is 0 Å². The Kier molecular flexibility index (Phi) is 5.24. The summed E-state index contributed by atoms with van der Waals surface area (Å²) in [4.78, 5) is 9.88. The van der Waals surface area contributed by atoms with E-state index in [4.69, 9.17) is 4.74 Å². The van der Waals surface area contributed by atoms with Gasteiger partial charge in [-0.25, -0.2) is 8.42 Å². The van der Waals surface area contributed by atoms with Gasteiger partial charge in [-0.05, 0) is 32.1 Å². The predicted octanol–water partition coefficient (Wildman–Crippen LogP) is 2.31. The van der Waals surface area contributed by atoms with Gasteiger partial charge in [0.05, 0.1) is 9.82 Å². The number of allylic oxidation sites excluding steroid dienone is 1. The summed E-state index contributed by atoms with van der Waals surface area (Å²) < 4.78 is 29.0. The number of hydrogen-bond acceptors (Lipinski definition) is 5. The minimum Gasteiger partial charge on any atom is -0.366 e. The molecule has 0 heterocycles. The van der Waals surface area contributed by atoms with Crippen LogP contribution < -0.4 is 0 Å². The molecule has 0 saturated carbocycles. The molecule has 0 unspecified atom stereocenters. The van der Waals surface area contributed by atoms with E-state index in [0.717, 1.165) is 17.5 Å². The van der Waals surface area contributed by atoms with Gasteiger partial charge in [-0.1, -0.05) is 11.8 Å². The van der Waals surface area contributed by atoms with Crippen LogP contribution in [0.5, 0.6) is 0 Å². The van der Waals surface area contributed by atoms with Crippen molar-refractivity contribution in [3.05, 3.63) is 45.9 Å². The zero-order chi connectivity index (χ0) is 16.1. The quantitative estimate of drug-likeness (QED) is 0.484. The Morgan fingerprint density at radius 1 is 1.29 bits per heavy atom. The molecule has 6 nitrogen and oxygen atoms in total. The van der Waals surface area contributed by atoms with Crippen molar-refractivity contribution in [1.29, 1.82) is 0 Å². The zero-order valence-corrected chi connectivity index (χ0v) is 12.7. The largest absolute Gasteiger partial charge is 0.366 e. The molecular formula is C14H15NO5S. The third-order valence-electron chi connectivity index (χ3n) is 2.59. The van der Waals surface area contributed by atoms with E-state index >= 15 is 0 Å². The fraction of sp³-hybridized carbons (Fsp3) is 0.286. The number of hydrogen-bond donors (Lipinski definition) is 0. The molecule has 0 N–H and O–H groups in total. The lowest BCUT2D eigenvalue weighted by Gasteiger charge is -2.13. The fourth-order valence-electron chi connectivity index (χ4n) is 1.23. The highest BCUT2D eigenvalue weighted by Gasteiger charge is 2.13. The maximum absolute atomic E-state index is 12.0. The van der Waals surface area contributed by atoms with Crippen molar-refractivity contribution in [3.8, 4) is 11.8 Å². The number of methoxy groups -OCH3 is 1. The van der Waals surface area contributed by atoms with Crippen LogP contribution in [0.15, 0.2) is 40.6 Å². The van der Waals surface area contributed by atoms with Crippen LogP contribution in [-0.2, 0) is 14.6 Å². The van der Waals surface area contributed by atoms with Crippen LogP contribution in [0, 0.1) is 22.0 Å². The molecule has 0 spiro atoms. The number of rotatable bonds is 4. The monoisotopic (exact) mass is 309 g/mol. The van der Waals surface area contributed by atoms with Gasteiger partial charge in [0, 0.05) is 24.7 Å². The molecule has 112 valence electrons. The topological polar surface area (TPSA) is 86.5 Å². The molecule has 1 rings (SSSR count). The second-order valence-corrected chi connectivity index (χ2v) is 6.42. The second-order valence-electron chi connectivity index (χ2n) is 4.58. The Labute approximate surface area is 123 Å². The average Bonchev–Trinajstić information content (AvgIpc) is 2.44. The number of sulfone groups is 1. The summed E-state index contributed by atoms with van der Waals surface area (Å²) in [6.07, 6.45) is 1.21. The lowest BCUT2D eigenvalue weighted by Crippen LogP contribution is -2.18. The van der Waals surface area contributed by atoms with Crippen LogP contribution in [0.3, 0.4) is 0 Å². The Hall–Kier alpha value is -2.17. The summed E-state index contributed by atoms with van der Waals surface area (Å²) in [5.74, 6) is 5.33. The Morgan fingerprint density at radius 3 is 2.33 bits per heavy atom. The van der Waals surface area contributed by atoms with Crippen molar-refractivity contribution < 1.29 is 18.1 Å². The van der Waals surface area contributed by atoms with Gasteiger partial charge < -0.3 is 4.74 Å². The molecule has 0 atom stereocenters. The molecule has 1 aromatic rings. The third kappa shape index (κ3) is 5.02. The van der Waals surface area contributed by atoms with Crippen LogP contribution >= 0.6 is 0 Å². The number of nitro benzene ring substituents is 1. The summed E-state index contributed by atoms with van der Waals surface area (Å²) in [6, 6.07) is 4.65. The maximum atomic E-state index is 12.0. The average molecular weight is 309 g/mol. The smallest absolute Gasteiger partial charge is 0.269 e. The lowest BCUT2D eigenvalue weighted by molar-refractivity contribution is -0.384. The molecule has 1 aromatic carbocycles. The van der Waals surface area contributed by atoms with Crippen molar-refractivity contribution in [2.45, 2.75) is 24.3 Å². The number of nitrogens with zero attached hydrogens (tertiary/aromatic N) is 1. The molecule has 0 bridgehead atoms. The second kappa shape index (κ2) is 6.52.